The second kappa shape index (κ2) is 10.0. The van der Waals surface area contributed by atoms with Gasteiger partial charge in [0.15, 0.2) is 11.0 Å². The van der Waals surface area contributed by atoms with Crippen molar-refractivity contribution in [3.05, 3.63) is 146 Å². The van der Waals surface area contributed by atoms with E-state index in [0.717, 1.165) is 50.8 Å². The summed E-state index contributed by atoms with van der Waals surface area (Å²) in [4.78, 5) is 0. The van der Waals surface area contributed by atoms with Gasteiger partial charge in [0.05, 0.1) is 12.7 Å². The molecule has 7 aromatic rings. The maximum absolute atomic E-state index is 6.37. The topological polar surface area (TPSA) is 35.9 Å². The van der Waals surface area contributed by atoms with Crippen LogP contribution in [0.3, 0.4) is 0 Å². The van der Waals surface area contributed by atoms with Gasteiger partial charge in [-0.3, -0.25) is 0 Å². The molecule has 0 N–H and O–H groups in total. The monoisotopic (exact) mass is 519 g/mol. The number of ether oxygens (including phenoxy) is 1. The highest BCUT2D eigenvalue weighted by Crippen LogP contribution is 2.33. The summed E-state index contributed by atoms with van der Waals surface area (Å²) in [5.41, 5.74) is 8.51. The first-order valence-corrected chi connectivity index (χ1v) is 13.3. The predicted molar refractivity (Wildman–Crippen MR) is 159 cm³/mol. The molecule has 0 bridgehead atoms. The van der Waals surface area contributed by atoms with Crippen LogP contribution < -0.4 is 9.30 Å². The van der Waals surface area contributed by atoms with Gasteiger partial charge in [0.1, 0.15) is 22.9 Å². The lowest BCUT2D eigenvalue weighted by atomic mass is 10.0. The summed E-state index contributed by atoms with van der Waals surface area (Å²) >= 11 is 0. The van der Waals surface area contributed by atoms with Crippen LogP contribution in [0.15, 0.2) is 146 Å². The molecule has 0 spiro atoms. The highest BCUT2D eigenvalue weighted by molar-refractivity contribution is 5.80. The van der Waals surface area contributed by atoms with Crippen LogP contribution in [0.2, 0.25) is 0 Å². The van der Waals surface area contributed by atoms with Crippen LogP contribution in [0.1, 0.15) is 0 Å². The van der Waals surface area contributed by atoms with Gasteiger partial charge in [-0.25, -0.2) is 9.25 Å². The Labute approximate surface area is 232 Å². The van der Waals surface area contributed by atoms with E-state index in [2.05, 4.69) is 102 Å². The van der Waals surface area contributed by atoms with E-state index in [1.165, 1.54) is 5.52 Å². The molecule has 0 amide bonds. The molecule has 0 aliphatic heterocycles. The minimum Gasteiger partial charge on any atom is -0.457 e. The van der Waals surface area contributed by atoms with Crippen LogP contribution in [0.4, 0.5) is 0 Å². The van der Waals surface area contributed by atoms with E-state index in [-0.39, 0.29) is 0 Å². The highest BCUT2D eigenvalue weighted by Gasteiger charge is 2.16. The lowest BCUT2D eigenvalue weighted by Crippen LogP contribution is -2.25. The molecule has 0 unspecified atom stereocenters. The molecule has 0 saturated heterocycles. The number of aryl methyl sites for hydroxylation is 1. The van der Waals surface area contributed by atoms with Crippen molar-refractivity contribution < 1.29 is 9.30 Å². The number of rotatable bonds is 6. The largest absolute Gasteiger partial charge is 0.457 e. The zero-order chi connectivity index (χ0) is 26.9. The van der Waals surface area contributed by atoms with Gasteiger partial charge in [-0.1, -0.05) is 84.9 Å². The van der Waals surface area contributed by atoms with Gasteiger partial charge in [0.25, 0.3) is 0 Å². The number of fused-ring (bicyclic) bond motifs is 1. The third kappa shape index (κ3) is 4.44. The smallest absolute Gasteiger partial charge is 0.249 e. The summed E-state index contributed by atoms with van der Waals surface area (Å²) in [7, 11) is 2.06. The molecule has 192 valence electrons. The first-order valence-electron chi connectivity index (χ1n) is 13.3. The van der Waals surface area contributed by atoms with E-state index < -0.39 is 0 Å². The SMILES string of the molecule is C[n+]1cn(-c2cccc(Oc3cccc(-n4cc(-c5ccccc5)c(-c5ccccc5)n4)c3)c2)c2ccccc21. The van der Waals surface area contributed by atoms with E-state index in [1.807, 2.05) is 65.3 Å². The Morgan fingerprint density at radius 3 is 2.00 bits per heavy atom. The van der Waals surface area contributed by atoms with Crippen LogP contribution in [0.25, 0.3) is 44.8 Å². The van der Waals surface area contributed by atoms with Crippen LogP contribution in [0, 0.1) is 0 Å². The van der Waals surface area contributed by atoms with Gasteiger partial charge < -0.3 is 4.74 Å². The Bertz CT molecular complexity index is 1880. The van der Waals surface area contributed by atoms with Crippen LogP contribution >= 0.6 is 0 Å². The molecule has 2 heterocycles. The number of para-hydroxylation sites is 2. The van der Waals surface area contributed by atoms with Crippen molar-refractivity contribution in [2.45, 2.75) is 0 Å². The molecular weight excluding hydrogens is 492 g/mol. The van der Waals surface area contributed by atoms with Gasteiger partial charge in [-0.2, -0.15) is 9.67 Å². The highest BCUT2D eigenvalue weighted by atomic mass is 16.5. The fourth-order valence-corrected chi connectivity index (χ4v) is 5.14. The number of nitrogens with zero attached hydrogens (tertiary/aromatic N) is 4. The molecule has 0 radical (unpaired) electrons. The quantitative estimate of drug-likeness (QED) is 0.211. The van der Waals surface area contributed by atoms with E-state index in [9.17, 15) is 0 Å². The van der Waals surface area contributed by atoms with Crippen molar-refractivity contribution in [2.75, 3.05) is 0 Å². The average Bonchev–Trinajstić information content (AvgIpc) is 3.61. The predicted octanol–water partition coefficient (Wildman–Crippen LogP) is 7.77. The molecule has 0 fully saturated rings. The summed E-state index contributed by atoms with van der Waals surface area (Å²) in [6, 6.07) is 45.3. The standard InChI is InChI=1S/C35H27N4O/c1-37-25-38(34-21-9-8-20-33(34)37)28-16-10-18-30(22-28)40-31-19-11-17-29(23-31)39-24-32(26-12-4-2-5-13-26)35(36-39)27-14-6-3-7-15-27/h2-25H,1H3/q+1. The first-order chi connectivity index (χ1) is 19.7. The van der Waals surface area contributed by atoms with Crippen LogP contribution in [-0.4, -0.2) is 14.3 Å². The molecule has 0 atom stereocenters. The number of hydrogen-bond donors (Lipinski definition) is 0. The van der Waals surface area contributed by atoms with Crippen LogP contribution in [-0.2, 0) is 7.05 Å². The van der Waals surface area contributed by atoms with E-state index in [4.69, 9.17) is 9.84 Å². The van der Waals surface area contributed by atoms with Crippen molar-refractivity contribution in [1.82, 2.24) is 14.3 Å². The van der Waals surface area contributed by atoms with E-state index in [0.29, 0.717) is 0 Å². The summed E-state index contributed by atoms with van der Waals surface area (Å²) in [6.45, 7) is 0. The normalized spacial score (nSPS) is 11.1. The Morgan fingerprint density at radius 1 is 0.625 bits per heavy atom. The van der Waals surface area contributed by atoms with Gasteiger partial charge in [0.2, 0.25) is 6.33 Å². The molecular formula is C35H27N4O+. The van der Waals surface area contributed by atoms with Gasteiger partial charge in [0, 0.05) is 29.5 Å². The molecule has 40 heavy (non-hydrogen) atoms. The maximum atomic E-state index is 6.37. The number of hydrogen-bond acceptors (Lipinski definition) is 2. The Morgan fingerprint density at radius 2 is 1.25 bits per heavy atom. The summed E-state index contributed by atoms with van der Waals surface area (Å²) in [5, 5.41) is 5.02. The lowest BCUT2D eigenvalue weighted by molar-refractivity contribution is -0.645. The van der Waals surface area contributed by atoms with Gasteiger partial charge in [-0.05, 0) is 42.0 Å². The van der Waals surface area contributed by atoms with Crippen molar-refractivity contribution in [1.29, 1.82) is 0 Å². The summed E-state index contributed by atoms with van der Waals surface area (Å²) in [5.74, 6) is 1.51. The molecule has 0 saturated carbocycles. The lowest BCUT2D eigenvalue weighted by Gasteiger charge is -2.09. The summed E-state index contributed by atoms with van der Waals surface area (Å²) < 4.78 is 12.6. The molecule has 0 aliphatic carbocycles. The fraction of sp³-hybridized carbons (Fsp3) is 0.0286. The van der Waals surface area contributed by atoms with Crippen LogP contribution in [0.5, 0.6) is 11.5 Å². The van der Waals surface area contributed by atoms with Gasteiger partial charge in [-0.15, -0.1) is 0 Å². The number of imidazole rings is 1. The Balaban J connectivity index is 1.23. The van der Waals surface area contributed by atoms with Gasteiger partial charge >= 0.3 is 0 Å². The molecule has 7 rings (SSSR count). The van der Waals surface area contributed by atoms with Crippen molar-refractivity contribution in [3.63, 3.8) is 0 Å². The third-order valence-electron chi connectivity index (χ3n) is 7.07. The fourth-order valence-electron chi connectivity index (χ4n) is 5.14. The van der Waals surface area contributed by atoms with Crippen molar-refractivity contribution in [3.8, 4) is 45.3 Å². The van der Waals surface area contributed by atoms with Crippen molar-refractivity contribution in [2.24, 2.45) is 7.05 Å². The zero-order valence-corrected chi connectivity index (χ0v) is 22.1. The first kappa shape index (κ1) is 23.7. The average molecular weight is 520 g/mol. The Hall–Kier alpha value is -5.42. The summed E-state index contributed by atoms with van der Waals surface area (Å²) in [6.07, 6.45) is 4.19. The number of benzene rings is 5. The minimum absolute atomic E-state index is 0.746. The molecule has 5 nitrogen and oxygen atoms in total. The van der Waals surface area contributed by atoms with Crippen molar-refractivity contribution >= 4 is 11.0 Å². The molecule has 5 heteroatoms. The second-order valence-electron chi connectivity index (χ2n) is 9.75. The third-order valence-corrected chi connectivity index (χ3v) is 7.07. The molecule has 2 aromatic heterocycles. The molecule has 5 aromatic carbocycles. The molecule has 0 aliphatic rings. The second-order valence-corrected chi connectivity index (χ2v) is 9.75. The minimum atomic E-state index is 0.746. The van der Waals surface area contributed by atoms with E-state index >= 15 is 0 Å². The number of aromatic nitrogens is 4. The Kier molecular flexibility index (Phi) is 5.94. The zero-order valence-electron chi connectivity index (χ0n) is 22.1. The van der Waals surface area contributed by atoms with E-state index in [1.54, 1.807) is 0 Å². The maximum Gasteiger partial charge on any atom is 0.249 e.